The molecule has 1 aromatic heterocycles. The summed E-state index contributed by atoms with van der Waals surface area (Å²) in [6.07, 6.45) is 1.59. The average molecular weight is 439 g/mol. The number of hydrogen-bond donors (Lipinski definition) is 4. The molecule has 0 unspecified atom stereocenters. The van der Waals surface area contributed by atoms with Crippen LogP contribution in [0, 0.1) is 0 Å². The van der Waals surface area contributed by atoms with E-state index in [-0.39, 0.29) is 29.6 Å². The van der Waals surface area contributed by atoms with Gasteiger partial charge in [0.15, 0.2) is 5.78 Å². The Morgan fingerprint density at radius 2 is 1.90 bits per heavy atom. The normalized spacial score (nSPS) is 11.6. The molecule has 1 heterocycles. The van der Waals surface area contributed by atoms with Gasteiger partial charge in [-0.2, -0.15) is 4.98 Å². The van der Waals surface area contributed by atoms with Crippen molar-refractivity contribution in [2.24, 2.45) is 11.5 Å². The van der Waals surface area contributed by atoms with Gasteiger partial charge in [-0.25, -0.2) is 4.98 Å². The minimum atomic E-state index is -0.670. The smallest absolute Gasteiger partial charge is 0.254 e. The lowest BCUT2D eigenvalue weighted by Gasteiger charge is -2.13. The van der Waals surface area contributed by atoms with Gasteiger partial charge in [-0.15, -0.1) is 0 Å². The molecule has 0 fully saturated rings. The predicted octanol–water partition coefficient (Wildman–Crippen LogP) is 3.16. The molecule has 160 valence electrons. The van der Waals surface area contributed by atoms with E-state index in [0.29, 0.717) is 28.8 Å². The molecule has 0 bridgehead atoms. The Bertz CT molecular complexity index is 1090. The largest absolute Gasteiger partial charge is 0.365 e. The third-order valence-electron chi connectivity index (χ3n) is 4.36. The summed E-state index contributed by atoms with van der Waals surface area (Å²) < 4.78 is 0. The molecule has 1 amide bonds. The Morgan fingerprint density at radius 3 is 2.58 bits per heavy atom. The first-order valence-electron chi connectivity index (χ1n) is 9.63. The van der Waals surface area contributed by atoms with Crippen LogP contribution in [0.5, 0.6) is 0 Å². The fourth-order valence-electron chi connectivity index (χ4n) is 2.79. The second-order valence-electron chi connectivity index (χ2n) is 7.11. The number of nitrogens with one attached hydrogen (secondary N) is 2. The third kappa shape index (κ3) is 6.24. The van der Waals surface area contributed by atoms with Crippen LogP contribution in [0.2, 0.25) is 5.02 Å². The molecule has 0 aliphatic carbocycles. The number of aromatic nitrogens is 2. The van der Waals surface area contributed by atoms with E-state index in [0.717, 1.165) is 5.56 Å². The number of nitrogens with zero attached hydrogens (tertiary/aromatic N) is 2. The van der Waals surface area contributed by atoms with Crippen LogP contribution in [-0.2, 0) is 6.42 Å². The van der Waals surface area contributed by atoms with Crippen LogP contribution in [0.25, 0.3) is 0 Å². The Balaban J connectivity index is 1.80. The molecule has 0 radical (unpaired) electrons. The Labute approximate surface area is 185 Å². The van der Waals surface area contributed by atoms with Crippen molar-refractivity contribution in [3.63, 3.8) is 0 Å². The van der Waals surface area contributed by atoms with Crippen LogP contribution < -0.4 is 22.1 Å². The lowest BCUT2D eigenvalue weighted by Crippen LogP contribution is -2.26. The van der Waals surface area contributed by atoms with Gasteiger partial charge < -0.3 is 22.1 Å². The van der Waals surface area contributed by atoms with Crippen molar-refractivity contribution in [1.29, 1.82) is 0 Å². The molecule has 9 heteroatoms. The van der Waals surface area contributed by atoms with Gasteiger partial charge in [0.2, 0.25) is 5.95 Å². The summed E-state index contributed by atoms with van der Waals surface area (Å²) in [6, 6.07) is 14.0. The van der Waals surface area contributed by atoms with Gasteiger partial charge in [-0.05, 0) is 36.8 Å². The highest BCUT2D eigenvalue weighted by Crippen LogP contribution is 2.21. The molecule has 8 nitrogen and oxygen atoms in total. The zero-order valence-electron chi connectivity index (χ0n) is 16.9. The Kier molecular flexibility index (Phi) is 7.17. The quantitative estimate of drug-likeness (QED) is 0.376. The maximum atomic E-state index is 12.7. The van der Waals surface area contributed by atoms with Crippen molar-refractivity contribution >= 4 is 40.7 Å². The van der Waals surface area contributed by atoms with E-state index in [1.54, 1.807) is 36.4 Å². The SMILES string of the molecule is C[C@H](N)CNc1ncc(C(N)=O)c(Nc2cccc(C(=O)Cc3ccc(Cl)cc3)c2)n1. The number of amides is 1. The van der Waals surface area contributed by atoms with Gasteiger partial charge >= 0.3 is 0 Å². The minimum absolute atomic E-state index is 0.0527. The minimum Gasteiger partial charge on any atom is -0.365 e. The van der Waals surface area contributed by atoms with Crippen LogP contribution in [0.4, 0.5) is 17.5 Å². The van der Waals surface area contributed by atoms with E-state index in [2.05, 4.69) is 20.6 Å². The summed E-state index contributed by atoms with van der Waals surface area (Å²) in [5, 5.41) is 6.67. The molecule has 2 aromatic carbocycles. The first-order valence-corrected chi connectivity index (χ1v) is 10.0. The molecular formula is C22H23ClN6O2. The number of carbonyl (C=O) groups is 2. The van der Waals surface area contributed by atoms with Crippen LogP contribution in [-0.4, -0.2) is 34.2 Å². The van der Waals surface area contributed by atoms with Gasteiger partial charge in [0.25, 0.3) is 5.91 Å². The van der Waals surface area contributed by atoms with E-state index in [1.165, 1.54) is 6.20 Å². The van der Waals surface area contributed by atoms with Crippen molar-refractivity contribution in [2.75, 3.05) is 17.2 Å². The number of primary amides is 1. The number of rotatable bonds is 9. The van der Waals surface area contributed by atoms with E-state index in [9.17, 15) is 9.59 Å². The second-order valence-corrected chi connectivity index (χ2v) is 7.55. The van der Waals surface area contributed by atoms with Crippen LogP contribution in [0.1, 0.15) is 33.2 Å². The molecule has 0 aliphatic rings. The van der Waals surface area contributed by atoms with Crippen LogP contribution in [0.3, 0.4) is 0 Å². The molecule has 0 spiro atoms. The zero-order valence-corrected chi connectivity index (χ0v) is 17.7. The molecular weight excluding hydrogens is 416 g/mol. The van der Waals surface area contributed by atoms with E-state index < -0.39 is 5.91 Å². The number of Topliss-reactive ketones (excluding diaryl/α,β-unsaturated/α-hetero) is 1. The zero-order chi connectivity index (χ0) is 22.4. The summed E-state index contributed by atoms with van der Waals surface area (Å²) in [5.41, 5.74) is 13.3. The molecule has 0 saturated heterocycles. The molecule has 31 heavy (non-hydrogen) atoms. The lowest BCUT2D eigenvalue weighted by atomic mass is 10.0. The standard InChI is InChI=1S/C22H23ClN6O2/c1-13(24)11-26-22-27-12-18(20(25)31)21(29-22)28-17-4-2-3-15(10-17)19(30)9-14-5-7-16(23)8-6-14/h2-8,10,12-13H,9,11,24H2,1H3,(H2,25,31)(H2,26,27,28,29)/t13-/m0/s1. The average Bonchev–Trinajstić information content (AvgIpc) is 2.74. The summed E-state index contributed by atoms with van der Waals surface area (Å²) in [4.78, 5) is 32.9. The van der Waals surface area contributed by atoms with Gasteiger partial charge in [0, 0.05) is 41.5 Å². The molecule has 3 aromatic rings. The molecule has 3 rings (SSSR count). The summed E-state index contributed by atoms with van der Waals surface area (Å²) in [5.74, 6) is -0.184. The van der Waals surface area contributed by atoms with Gasteiger partial charge in [0.1, 0.15) is 11.4 Å². The first-order chi connectivity index (χ1) is 14.8. The third-order valence-corrected chi connectivity index (χ3v) is 4.61. The molecule has 0 aliphatic heterocycles. The maximum Gasteiger partial charge on any atom is 0.254 e. The number of halogens is 1. The van der Waals surface area contributed by atoms with Crippen molar-refractivity contribution in [1.82, 2.24) is 9.97 Å². The van der Waals surface area contributed by atoms with E-state index in [1.807, 2.05) is 19.1 Å². The van der Waals surface area contributed by atoms with E-state index >= 15 is 0 Å². The highest BCUT2D eigenvalue weighted by atomic mass is 35.5. The van der Waals surface area contributed by atoms with Gasteiger partial charge in [0.05, 0.1) is 0 Å². The Hall–Kier alpha value is -3.49. The fraction of sp³-hybridized carbons (Fsp3) is 0.182. The first kappa shape index (κ1) is 22.2. The summed E-state index contributed by atoms with van der Waals surface area (Å²) in [7, 11) is 0. The van der Waals surface area contributed by atoms with Crippen LogP contribution >= 0.6 is 11.6 Å². The number of nitrogens with two attached hydrogens (primary N) is 2. The lowest BCUT2D eigenvalue weighted by molar-refractivity contribution is 0.0987. The molecule has 1 atom stereocenters. The van der Waals surface area contributed by atoms with Crippen LogP contribution in [0.15, 0.2) is 54.7 Å². The van der Waals surface area contributed by atoms with Crippen molar-refractivity contribution in [2.45, 2.75) is 19.4 Å². The predicted molar refractivity (Wildman–Crippen MR) is 122 cm³/mol. The topological polar surface area (TPSA) is 136 Å². The number of hydrogen-bond acceptors (Lipinski definition) is 7. The highest BCUT2D eigenvalue weighted by Gasteiger charge is 2.14. The fourth-order valence-corrected chi connectivity index (χ4v) is 2.92. The summed E-state index contributed by atoms with van der Waals surface area (Å²) >= 11 is 5.90. The van der Waals surface area contributed by atoms with Crippen molar-refractivity contribution in [3.05, 3.63) is 76.4 Å². The summed E-state index contributed by atoms with van der Waals surface area (Å²) in [6.45, 7) is 2.31. The molecule has 6 N–H and O–H groups in total. The van der Waals surface area contributed by atoms with Crippen molar-refractivity contribution in [3.8, 4) is 0 Å². The van der Waals surface area contributed by atoms with E-state index in [4.69, 9.17) is 23.1 Å². The number of benzene rings is 2. The molecule has 0 saturated carbocycles. The highest BCUT2D eigenvalue weighted by molar-refractivity contribution is 6.30. The number of carbonyl (C=O) groups excluding carboxylic acids is 2. The number of ketones is 1. The maximum absolute atomic E-state index is 12.7. The van der Waals surface area contributed by atoms with Crippen molar-refractivity contribution < 1.29 is 9.59 Å². The number of anilines is 3. The van der Waals surface area contributed by atoms with Gasteiger partial charge in [-0.1, -0.05) is 35.9 Å². The Morgan fingerprint density at radius 1 is 1.16 bits per heavy atom. The monoisotopic (exact) mass is 438 g/mol. The van der Waals surface area contributed by atoms with Gasteiger partial charge in [-0.3, -0.25) is 9.59 Å². The second kappa shape index (κ2) is 10.0.